The lowest BCUT2D eigenvalue weighted by atomic mass is 10.1. The Morgan fingerprint density at radius 2 is 2.09 bits per heavy atom. The van der Waals surface area contributed by atoms with Crippen LogP contribution in [0.25, 0.3) is 0 Å². The first kappa shape index (κ1) is 10.2. The van der Waals surface area contributed by atoms with Gasteiger partial charge in [0.15, 0.2) is 0 Å². The second kappa shape index (κ2) is 5.90. The minimum atomic E-state index is 0.544. The first-order valence-corrected chi connectivity index (χ1v) is 3.94. The fourth-order valence-electron chi connectivity index (χ4n) is 0.642. The van der Waals surface area contributed by atoms with E-state index in [9.17, 15) is 4.79 Å². The third-order valence-electron chi connectivity index (χ3n) is 1.28. The second-order valence-electron chi connectivity index (χ2n) is 3.01. The summed E-state index contributed by atoms with van der Waals surface area (Å²) in [5, 5.41) is 0. The zero-order chi connectivity index (χ0) is 8.69. The molecule has 0 saturated carbocycles. The van der Waals surface area contributed by atoms with Gasteiger partial charge in [-0.15, -0.1) is 0 Å². The molecule has 0 saturated heterocycles. The Morgan fingerprint density at radius 1 is 1.45 bits per heavy atom. The van der Waals surface area contributed by atoms with Crippen LogP contribution in [0, 0.1) is 5.92 Å². The van der Waals surface area contributed by atoms with E-state index in [4.69, 9.17) is 0 Å². The molecule has 0 atom stereocenters. The molecule has 0 aliphatic rings. The molecule has 11 heavy (non-hydrogen) atoms. The topological polar surface area (TPSA) is 17.1 Å². The Labute approximate surface area is 68.8 Å². The molecule has 0 aromatic heterocycles. The molecule has 62 valence electrons. The van der Waals surface area contributed by atoms with Gasteiger partial charge in [-0.05, 0) is 12.8 Å². The molecule has 0 aromatic carbocycles. The van der Waals surface area contributed by atoms with Gasteiger partial charge in [0.1, 0.15) is 6.29 Å². The van der Waals surface area contributed by atoms with Gasteiger partial charge in [-0.3, -0.25) is 0 Å². The van der Waals surface area contributed by atoms with Crippen molar-refractivity contribution in [3.05, 3.63) is 23.8 Å². The third-order valence-corrected chi connectivity index (χ3v) is 1.28. The Morgan fingerprint density at radius 3 is 2.55 bits per heavy atom. The molecule has 0 aromatic rings. The van der Waals surface area contributed by atoms with Gasteiger partial charge in [0.25, 0.3) is 0 Å². The smallest absolute Gasteiger partial charge is 0.124 e. The highest BCUT2D eigenvalue weighted by molar-refractivity contribution is 5.54. The van der Waals surface area contributed by atoms with Gasteiger partial charge in [-0.25, -0.2) is 0 Å². The maximum atomic E-state index is 10.0. The van der Waals surface area contributed by atoms with E-state index in [1.54, 1.807) is 0 Å². The van der Waals surface area contributed by atoms with E-state index in [2.05, 4.69) is 19.9 Å². The van der Waals surface area contributed by atoms with Crippen molar-refractivity contribution in [2.75, 3.05) is 0 Å². The van der Waals surface area contributed by atoms with Crippen LogP contribution in [0.4, 0.5) is 0 Å². The van der Waals surface area contributed by atoms with Crippen LogP contribution < -0.4 is 0 Å². The molecule has 0 aliphatic heterocycles. The highest BCUT2D eigenvalue weighted by Crippen LogP contribution is 1.99. The van der Waals surface area contributed by atoms with Gasteiger partial charge in [0.2, 0.25) is 0 Å². The first-order chi connectivity index (χ1) is 5.16. The van der Waals surface area contributed by atoms with Gasteiger partial charge in [-0.2, -0.15) is 0 Å². The summed E-state index contributed by atoms with van der Waals surface area (Å²) in [6.45, 7) is 6.21. The van der Waals surface area contributed by atoms with E-state index in [1.807, 2.05) is 19.1 Å². The minimum absolute atomic E-state index is 0.544. The first-order valence-electron chi connectivity index (χ1n) is 3.94. The van der Waals surface area contributed by atoms with Crippen molar-refractivity contribution >= 4 is 6.29 Å². The number of carbonyl (C=O) groups excluding carboxylic acids is 1. The molecular weight excluding hydrogens is 136 g/mol. The van der Waals surface area contributed by atoms with Crippen LogP contribution in [0.2, 0.25) is 0 Å². The monoisotopic (exact) mass is 152 g/mol. The summed E-state index contributed by atoms with van der Waals surface area (Å²) in [5.74, 6) is 0.579. The summed E-state index contributed by atoms with van der Waals surface area (Å²) >= 11 is 0. The van der Waals surface area contributed by atoms with Gasteiger partial charge in [0.05, 0.1) is 0 Å². The summed E-state index contributed by atoms with van der Waals surface area (Å²) in [4.78, 5) is 10.0. The Balaban J connectivity index is 3.80. The van der Waals surface area contributed by atoms with Crippen molar-refractivity contribution in [2.45, 2.75) is 27.2 Å². The standard InChI is InChI=1S/C10H16O/c1-9(2)5-4-6-10(3)7-8-11/h4-6,8-9H,7H2,1-3H3/b5-4+,10-6+. The summed E-state index contributed by atoms with van der Waals surface area (Å²) in [6, 6.07) is 0. The third kappa shape index (κ3) is 7.04. The normalized spacial score (nSPS) is 12.9. The highest BCUT2D eigenvalue weighted by atomic mass is 16.1. The second-order valence-corrected chi connectivity index (χ2v) is 3.01. The number of rotatable bonds is 4. The largest absolute Gasteiger partial charge is 0.303 e. The summed E-state index contributed by atoms with van der Waals surface area (Å²) in [6.07, 6.45) is 7.56. The minimum Gasteiger partial charge on any atom is -0.303 e. The Kier molecular flexibility index (Phi) is 5.44. The zero-order valence-electron chi connectivity index (χ0n) is 7.50. The number of aldehydes is 1. The number of hydrogen-bond donors (Lipinski definition) is 0. The molecule has 0 aliphatic carbocycles. The molecule has 0 heterocycles. The van der Waals surface area contributed by atoms with Crippen LogP contribution in [-0.2, 0) is 4.79 Å². The van der Waals surface area contributed by atoms with Crippen molar-refractivity contribution in [1.82, 2.24) is 0 Å². The molecule has 0 spiro atoms. The highest BCUT2D eigenvalue weighted by Gasteiger charge is 1.84. The van der Waals surface area contributed by atoms with Crippen LogP contribution >= 0.6 is 0 Å². The number of allylic oxidation sites excluding steroid dienone is 4. The predicted molar refractivity (Wildman–Crippen MR) is 48.4 cm³/mol. The van der Waals surface area contributed by atoms with E-state index in [0.717, 1.165) is 11.9 Å². The van der Waals surface area contributed by atoms with Gasteiger partial charge in [0, 0.05) is 6.42 Å². The molecule has 1 heteroatoms. The Hall–Kier alpha value is -0.850. The van der Waals surface area contributed by atoms with E-state index in [0.29, 0.717) is 12.3 Å². The SMILES string of the molecule is C/C(=C\C=C\C(C)C)CC=O. The van der Waals surface area contributed by atoms with Crippen molar-refractivity contribution in [3.63, 3.8) is 0 Å². The van der Waals surface area contributed by atoms with Gasteiger partial charge < -0.3 is 4.79 Å². The van der Waals surface area contributed by atoms with Crippen molar-refractivity contribution < 1.29 is 4.79 Å². The molecule has 0 bridgehead atoms. The fourth-order valence-corrected chi connectivity index (χ4v) is 0.642. The summed E-state index contributed by atoms with van der Waals surface area (Å²) in [7, 11) is 0. The molecular formula is C10H16O. The molecule has 0 N–H and O–H groups in total. The summed E-state index contributed by atoms with van der Waals surface area (Å²) < 4.78 is 0. The van der Waals surface area contributed by atoms with E-state index in [-0.39, 0.29) is 0 Å². The van der Waals surface area contributed by atoms with E-state index in [1.165, 1.54) is 0 Å². The lowest BCUT2D eigenvalue weighted by Gasteiger charge is -1.91. The lowest BCUT2D eigenvalue weighted by molar-refractivity contribution is -0.107. The predicted octanol–water partition coefficient (Wildman–Crippen LogP) is 2.73. The van der Waals surface area contributed by atoms with Crippen LogP contribution in [0.1, 0.15) is 27.2 Å². The quantitative estimate of drug-likeness (QED) is 0.447. The molecule has 0 unspecified atom stereocenters. The number of hydrogen-bond acceptors (Lipinski definition) is 1. The van der Waals surface area contributed by atoms with Crippen LogP contribution in [0.3, 0.4) is 0 Å². The average Bonchev–Trinajstić information content (AvgIpc) is 1.87. The zero-order valence-corrected chi connectivity index (χ0v) is 7.50. The lowest BCUT2D eigenvalue weighted by Crippen LogP contribution is -1.78. The maximum absolute atomic E-state index is 10.0. The molecule has 0 rings (SSSR count). The van der Waals surface area contributed by atoms with Crippen molar-refractivity contribution in [2.24, 2.45) is 5.92 Å². The maximum Gasteiger partial charge on any atom is 0.124 e. The van der Waals surface area contributed by atoms with E-state index < -0.39 is 0 Å². The van der Waals surface area contributed by atoms with Crippen LogP contribution in [0.5, 0.6) is 0 Å². The van der Waals surface area contributed by atoms with E-state index >= 15 is 0 Å². The molecule has 0 radical (unpaired) electrons. The number of carbonyl (C=O) groups is 1. The van der Waals surface area contributed by atoms with Crippen LogP contribution in [-0.4, -0.2) is 6.29 Å². The average molecular weight is 152 g/mol. The molecule has 0 amide bonds. The Bertz CT molecular complexity index is 164. The van der Waals surface area contributed by atoms with Crippen LogP contribution in [0.15, 0.2) is 23.8 Å². The fraction of sp³-hybridized carbons (Fsp3) is 0.500. The van der Waals surface area contributed by atoms with Gasteiger partial charge >= 0.3 is 0 Å². The van der Waals surface area contributed by atoms with Gasteiger partial charge in [-0.1, -0.05) is 37.6 Å². The van der Waals surface area contributed by atoms with Crippen molar-refractivity contribution in [1.29, 1.82) is 0 Å². The molecule has 0 fully saturated rings. The molecule has 1 nitrogen and oxygen atoms in total. The summed E-state index contributed by atoms with van der Waals surface area (Å²) in [5.41, 5.74) is 1.11. The van der Waals surface area contributed by atoms with Crippen molar-refractivity contribution in [3.8, 4) is 0 Å².